The minimum Gasteiger partial charge on any atom is -0.497 e. The molecule has 2 aromatic rings. The van der Waals surface area contributed by atoms with Crippen LogP contribution in [-0.4, -0.2) is 37.7 Å². The molecule has 0 spiro atoms. The molecule has 1 aromatic heterocycles. The molecule has 2 rings (SSSR count). The number of nitrogens with zero attached hydrogens (tertiary/aromatic N) is 2. The summed E-state index contributed by atoms with van der Waals surface area (Å²) in [5, 5.41) is 6.64. The van der Waals surface area contributed by atoms with Crippen LogP contribution >= 0.6 is 24.0 Å². The van der Waals surface area contributed by atoms with Gasteiger partial charge >= 0.3 is 0 Å². The van der Waals surface area contributed by atoms with Crippen LogP contribution in [0.15, 0.2) is 47.6 Å². The molecular weight excluding hydrogens is 455 g/mol. The maximum atomic E-state index is 5.43. The molecule has 0 unspecified atom stereocenters. The fraction of sp³-hybridized carbons (Fsp3) is 0.400. The molecule has 0 bridgehead atoms. The lowest BCUT2D eigenvalue weighted by atomic mass is 10.1. The molecular formula is C20H29IN4O2. The van der Waals surface area contributed by atoms with Crippen LogP contribution in [-0.2, 0) is 13.0 Å². The smallest absolute Gasteiger partial charge is 0.213 e. The molecule has 1 heterocycles. The molecule has 0 fully saturated rings. The second kappa shape index (κ2) is 13.2. The van der Waals surface area contributed by atoms with E-state index in [0.29, 0.717) is 19.0 Å². The predicted molar refractivity (Wildman–Crippen MR) is 120 cm³/mol. The van der Waals surface area contributed by atoms with Gasteiger partial charge in [-0.3, -0.25) is 0 Å². The van der Waals surface area contributed by atoms with E-state index in [1.54, 1.807) is 13.3 Å². The van der Waals surface area contributed by atoms with Gasteiger partial charge in [0.25, 0.3) is 0 Å². The second-order valence-electron chi connectivity index (χ2n) is 5.66. The zero-order valence-electron chi connectivity index (χ0n) is 16.2. The highest BCUT2D eigenvalue weighted by molar-refractivity contribution is 14.0. The zero-order chi connectivity index (χ0) is 18.6. The van der Waals surface area contributed by atoms with Crippen molar-refractivity contribution >= 4 is 29.9 Å². The third kappa shape index (κ3) is 8.47. The fourth-order valence-corrected chi connectivity index (χ4v) is 2.41. The van der Waals surface area contributed by atoms with Crippen molar-refractivity contribution in [3.63, 3.8) is 0 Å². The van der Waals surface area contributed by atoms with Crippen LogP contribution in [0.3, 0.4) is 0 Å². The molecule has 0 saturated heterocycles. The Morgan fingerprint density at radius 3 is 2.52 bits per heavy atom. The van der Waals surface area contributed by atoms with Crippen LogP contribution in [0, 0.1) is 0 Å². The molecule has 0 amide bonds. The van der Waals surface area contributed by atoms with Crippen LogP contribution in [0.5, 0.6) is 11.6 Å². The second-order valence-corrected chi connectivity index (χ2v) is 5.66. The number of aromatic nitrogens is 1. The van der Waals surface area contributed by atoms with Gasteiger partial charge in [0.1, 0.15) is 5.75 Å². The van der Waals surface area contributed by atoms with Crippen molar-refractivity contribution in [1.29, 1.82) is 0 Å². The van der Waals surface area contributed by atoms with Gasteiger partial charge in [0.2, 0.25) is 5.88 Å². The van der Waals surface area contributed by atoms with Crippen LogP contribution < -0.4 is 20.1 Å². The maximum absolute atomic E-state index is 5.43. The summed E-state index contributed by atoms with van der Waals surface area (Å²) in [6.07, 6.45) is 2.66. The normalized spacial score (nSPS) is 10.7. The minimum absolute atomic E-state index is 0. The summed E-state index contributed by atoms with van der Waals surface area (Å²) in [5.41, 5.74) is 2.32. The number of halogens is 1. The first-order chi connectivity index (χ1) is 12.7. The van der Waals surface area contributed by atoms with Gasteiger partial charge in [-0.2, -0.15) is 0 Å². The first-order valence-corrected chi connectivity index (χ1v) is 8.98. The lowest BCUT2D eigenvalue weighted by Crippen LogP contribution is -2.38. The predicted octanol–water partition coefficient (Wildman–Crippen LogP) is 3.40. The zero-order valence-corrected chi connectivity index (χ0v) is 18.5. The Labute approximate surface area is 178 Å². The van der Waals surface area contributed by atoms with Gasteiger partial charge < -0.3 is 20.1 Å². The van der Waals surface area contributed by atoms with E-state index < -0.39 is 0 Å². The number of hydrogen-bond acceptors (Lipinski definition) is 4. The number of ether oxygens (including phenoxy) is 2. The topological polar surface area (TPSA) is 67.8 Å². The number of pyridine rings is 1. The largest absolute Gasteiger partial charge is 0.497 e. The molecule has 0 aliphatic rings. The van der Waals surface area contributed by atoms with Gasteiger partial charge in [-0.1, -0.05) is 12.1 Å². The van der Waals surface area contributed by atoms with Crippen LogP contribution in [0.4, 0.5) is 0 Å². The lowest BCUT2D eigenvalue weighted by molar-refractivity contribution is 0.326. The number of methoxy groups -OCH3 is 1. The van der Waals surface area contributed by atoms with Crippen LogP contribution in [0.25, 0.3) is 0 Å². The summed E-state index contributed by atoms with van der Waals surface area (Å²) in [5.74, 6) is 2.31. The monoisotopic (exact) mass is 484 g/mol. The molecule has 148 valence electrons. The van der Waals surface area contributed by atoms with Crippen molar-refractivity contribution in [2.45, 2.75) is 26.8 Å². The Balaban J connectivity index is 0.00000364. The first-order valence-electron chi connectivity index (χ1n) is 8.98. The maximum Gasteiger partial charge on any atom is 0.213 e. The summed E-state index contributed by atoms with van der Waals surface area (Å²) in [4.78, 5) is 8.81. The van der Waals surface area contributed by atoms with Crippen molar-refractivity contribution in [3.05, 3.63) is 53.7 Å². The van der Waals surface area contributed by atoms with Gasteiger partial charge in [-0.25, -0.2) is 9.98 Å². The summed E-state index contributed by atoms with van der Waals surface area (Å²) in [7, 11) is 1.68. The molecule has 0 saturated carbocycles. The first kappa shape index (κ1) is 23.0. The minimum atomic E-state index is 0. The summed E-state index contributed by atoms with van der Waals surface area (Å²) in [6, 6.07) is 12.0. The average molecular weight is 484 g/mol. The van der Waals surface area contributed by atoms with E-state index in [1.165, 1.54) is 5.56 Å². The Kier molecular flexibility index (Phi) is 11.2. The highest BCUT2D eigenvalue weighted by atomic mass is 127. The molecule has 0 aliphatic carbocycles. The van der Waals surface area contributed by atoms with Crippen molar-refractivity contribution < 1.29 is 9.47 Å². The third-order valence-electron chi connectivity index (χ3n) is 3.72. The van der Waals surface area contributed by atoms with E-state index in [0.717, 1.165) is 36.8 Å². The number of aliphatic imine (C=N–C) groups is 1. The van der Waals surface area contributed by atoms with Crippen LogP contribution in [0.1, 0.15) is 25.0 Å². The van der Waals surface area contributed by atoms with Crippen LogP contribution in [0.2, 0.25) is 0 Å². The summed E-state index contributed by atoms with van der Waals surface area (Å²) < 4.78 is 10.6. The van der Waals surface area contributed by atoms with E-state index in [1.807, 2.05) is 31.2 Å². The van der Waals surface area contributed by atoms with E-state index in [2.05, 4.69) is 39.7 Å². The quantitative estimate of drug-likeness (QED) is 0.325. The third-order valence-corrected chi connectivity index (χ3v) is 3.72. The molecule has 0 aliphatic heterocycles. The van der Waals surface area contributed by atoms with E-state index >= 15 is 0 Å². The number of rotatable bonds is 9. The van der Waals surface area contributed by atoms with Crippen molar-refractivity contribution in [1.82, 2.24) is 15.6 Å². The van der Waals surface area contributed by atoms with E-state index in [9.17, 15) is 0 Å². The SMILES string of the molecule is CCNC(=NCc1ccnc(OCC)c1)NCCc1ccc(OC)cc1.I. The van der Waals surface area contributed by atoms with Crippen molar-refractivity contribution in [3.8, 4) is 11.6 Å². The molecule has 2 N–H and O–H groups in total. The number of nitrogens with one attached hydrogen (secondary N) is 2. The van der Waals surface area contributed by atoms with Gasteiger partial charge in [0.15, 0.2) is 5.96 Å². The fourth-order valence-electron chi connectivity index (χ4n) is 2.41. The molecule has 6 nitrogen and oxygen atoms in total. The summed E-state index contributed by atoms with van der Waals surface area (Å²) in [6.45, 7) is 6.80. The van der Waals surface area contributed by atoms with Gasteiger partial charge in [-0.05, 0) is 49.6 Å². The molecule has 27 heavy (non-hydrogen) atoms. The van der Waals surface area contributed by atoms with Gasteiger partial charge in [0, 0.05) is 25.4 Å². The van der Waals surface area contributed by atoms with Crippen molar-refractivity contribution in [2.75, 3.05) is 26.8 Å². The number of hydrogen-bond donors (Lipinski definition) is 2. The Hall–Kier alpha value is -2.03. The highest BCUT2D eigenvalue weighted by Crippen LogP contribution is 2.11. The van der Waals surface area contributed by atoms with Crippen molar-refractivity contribution in [2.24, 2.45) is 4.99 Å². The highest BCUT2D eigenvalue weighted by Gasteiger charge is 2.01. The Morgan fingerprint density at radius 1 is 1.07 bits per heavy atom. The molecule has 7 heteroatoms. The summed E-state index contributed by atoms with van der Waals surface area (Å²) >= 11 is 0. The lowest BCUT2D eigenvalue weighted by Gasteiger charge is -2.12. The Bertz CT molecular complexity index is 693. The van der Waals surface area contributed by atoms with E-state index in [-0.39, 0.29) is 24.0 Å². The molecule has 1 aromatic carbocycles. The van der Waals surface area contributed by atoms with Gasteiger partial charge in [-0.15, -0.1) is 24.0 Å². The standard InChI is InChI=1S/C20H28N4O2.HI/c1-4-21-20(23-13-10-16-6-8-18(25-3)9-7-16)24-15-17-11-12-22-19(14-17)26-5-2;/h6-9,11-12,14H,4-5,10,13,15H2,1-3H3,(H2,21,23,24);1H. The van der Waals surface area contributed by atoms with E-state index in [4.69, 9.17) is 9.47 Å². The molecule has 0 atom stereocenters. The average Bonchev–Trinajstić information content (AvgIpc) is 2.67. The Morgan fingerprint density at radius 2 is 1.85 bits per heavy atom. The molecule has 0 radical (unpaired) electrons. The van der Waals surface area contributed by atoms with Gasteiger partial charge in [0.05, 0.1) is 20.3 Å². The number of benzene rings is 1. The number of guanidine groups is 1.